The lowest BCUT2D eigenvalue weighted by Crippen LogP contribution is -2.54. The van der Waals surface area contributed by atoms with Crippen LogP contribution in [0.25, 0.3) is 0 Å². The second kappa shape index (κ2) is 50.0. The van der Waals surface area contributed by atoms with Crippen LogP contribution in [0.3, 0.4) is 0 Å². The van der Waals surface area contributed by atoms with Crippen molar-refractivity contribution in [3.05, 3.63) is 0 Å². The SMILES string of the molecule is CCOC1C2CC3CC(C2)C(=O)C1C3.CCOC1C2CC3CC(C2)CC1C3.CCOC1CC2CC(O)C1C2.CCOC1CC2CCC1C2.CCOC1CCCC1.CCOC1CCCCC1.CCOCC1CC2CC(O)C1C2.CCOCC1CC2CCC1C2.CCOCC1CCCC1.CCOCC1CCCCC1. The summed E-state index contributed by atoms with van der Waals surface area (Å²) < 4.78 is 55.3. The van der Waals surface area contributed by atoms with E-state index in [9.17, 15) is 15.0 Å². The molecule has 20 saturated carbocycles. The van der Waals surface area contributed by atoms with Crippen molar-refractivity contribution in [2.24, 2.45) is 118 Å². The van der Waals surface area contributed by atoms with Crippen LogP contribution >= 0.6 is 0 Å². The fourth-order valence-electron chi connectivity index (χ4n) is 25.3. The van der Waals surface area contributed by atoms with Crippen LogP contribution in [-0.2, 0) is 52.2 Å². The first-order valence-electron chi connectivity index (χ1n) is 47.2. The minimum atomic E-state index is -0.0645. The van der Waals surface area contributed by atoms with Gasteiger partial charge in [-0.15, -0.1) is 0 Å². The van der Waals surface area contributed by atoms with Gasteiger partial charge in [0.2, 0.25) is 0 Å². The summed E-state index contributed by atoms with van der Waals surface area (Å²) in [4.78, 5) is 12.0. The predicted octanol–water partition coefficient (Wildman–Crippen LogP) is 21.3. The molecule has 0 heterocycles. The zero-order valence-electron chi connectivity index (χ0n) is 70.9. The normalized spacial score (nSPS) is 38.8. The van der Waals surface area contributed by atoms with Gasteiger partial charge in [-0.2, -0.15) is 0 Å². The highest BCUT2D eigenvalue weighted by atomic mass is 16.5. The molecule has 0 aromatic rings. The van der Waals surface area contributed by atoms with Gasteiger partial charge in [0.05, 0.1) is 48.8 Å². The van der Waals surface area contributed by atoms with E-state index in [-0.39, 0.29) is 24.2 Å². The largest absolute Gasteiger partial charge is 0.393 e. The Morgan fingerprint density at radius 1 is 0.280 bits per heavy atom. The zero-order valence-corrected chi connectivity index (χ0v) is 70.9. The van der Waals surface area contributed by atoms with Crippen molar-refractivity contribution < 1.29 is 62.4 Å². The third kappa shape index (κ3) is 28.8. The maximum Gasteiger partial charge on any atom is 0.141 e. The Bertz CT molecular complexity index is 2250. The molecule has 19 atom stereocenters. The summed E-state index contributed by atoms with van der Waals surface area (Å²) in [7, 11) is 0. The molecule has 19 unspecified atom stereocenters. The number of carbonyl (C=O) groups excluding carboxylic acids is 1. The second-order valence-corrected chi connectivity index (χ2v) is 37.4. The lowest BCUT2D eigenvalue weighted by Gasteiger charge is -2.53. The van der Waals surface area contributed by atoms with Crippen LogP contribution in [0.4, 0.5) is 0 Å². The molecule has 20 aliphatic carbocycles. The smallest absolute Gasteiger partial charge is 0.141 e. The highest BCUT2D eigenvalue weighted by Gasteiger charge is 2.54. The van der Waals surface area contributed by atoms with Gasteiger partial charge in [-0.1, -0.05) is 70.6 Å². The van der Waals surface area contributed by atoms with E-state index in [1.54, 1.807) is 6.42 Å². The number of hydrogen-bond acceptors (Lipinski definition) is 13. The van der Waals surface area contributed by atoms with Gasteiger partial charge in [0.25, 0.3) is 0 Å². The first-order chi connectivity index (χ1) is 52.3. The van der Waals surface area contributed by atoms with Crippen molar-refractivity contribution >= 4 is 5.78 Å². The zero-order chi connectivity index (χ0) is 75.7. The molecule has 13 nitrogen and oxygen atoms in total. The first-order valence-corrected chi connectivity index (χ1v) is 47.2. The van der Waals surface area contributed by atoms with Crippen molar-refractivity contribution in [3.8, 4) is 0 Å². The maximum atomic E-state index is 12.0. The van der Waals surface area contributed by atoms with Crippen molar-refractivity contribution in [2.75, 3.05) is 92.5 Å². The molecule has 20 fully saturated rings. The van der Waals surface area contributed by atoms with Gasteiger partial charge in [0.15, 0.2) is 0 Å². The van der Waals surface area contributed by atoms with Gasteiger partial charge >= 0.3 is 0 Å². The predicted molar refractivity (Wildman–Crippen MR) is 435 cm³/mol. The van der Waals surface area contributed by atoms with E-state index in [0.29, 0.717) is 65.9 Å². The monoisotopic (exact) mass is 1510 g/mol. The van der Waals surface area contributed by atoms with Crippen LogP contribution in [0.2, 0.25) is 0 Å². The molecular formula is C94H170O13. The highest BCUT2D eigenvalue weighted by molar-refractivity contribution is 5.86. The van der Waals surface area contributed by atoms with Gasteiger partial charge in [-0.3, -0.25) is 4.79 Å². The number of fused-ring (bicyclic) bond motifs is 8. The Labute approximate surface area is 657 Å². The van der Waals surface area contributed by atoms with E-state index in [2.05, 4.69) is 48.5 Å². The molecule has 20 rings (SSSR count). The summed E-state index contributed by atoms with van der Waals surface area (Å²) in [5.74, 6) is 16.8. The molecule has 13 heteroatoms. The number of Topliss-reactive ketones (excluding diaryl/α,β-unsaturated/α-hetero) is 1. The van der Waals surface area contributed by atoms with E-state index >= 15 is 0 Å². The lowest BCUT2D eigenvalue weighted by atomic mass is 9.54. The molecule has 107 heavy (non-hydrogen) atoms. The summed E-state index contributed by atoms with van der Waals surface area (Å²) in [5, 5.41) is 19.2. The number of carbonyl (C=O) groups is 1. The van der Waals surface area contributed by atoms with Gasteiger partial charge in [0.1, 0.15) is 5.78 Å². The highest BCUT2D eigenvalue weighted by Crippen LogP contribution is 2.56. The van der Waals surface area contributed by atoms with E-state index < -0.39 is 0 Å². The van der Waals surface area contributed by atoms with E-state index in [1.165, 1.54) is 231 Å². The number of aliphatic hydroxyl groups excluding tert-OH is 2. The van der Waals surface area contributed by atoms with Crippen molar-refractivity contribution in [2.45, 2.75) is 381 Å². The van der Waals surface area contributed by atoms with Crippen molar-refractivity contribution in [3.63, 3.8) is 0 Å². The third-order valence-corrected chi connectivity index (χ3v) is 29.9. The van der Waals surface area contributed by atoms with Crippen LogP contribution < -0.4 is 0 Å². The minimum absolute atomic E-state index is 0.0193. The van der Waals surface area contributed by atoms with E-state index in [1.807, 2.05) is 20.8 Å². The molecule has 2 N–H and O–H groups in total. The standard InChI is InChI=1S/C12H18O2.C12H20O.C10H18O2.C10H18O.C9H16O2.C9H16O.C9H18O.2C8H16O.C7H14O/c1-2-14-12-9-4-7-3-8(6-9)11(13)10(12)5-7;1-2-13-12-10-4-8-3-9(6-10)7-11(12)5-8;1-2-12-6-8-3-7-4-9(8)10(11)5-7;1-2-11-7-10-6-8-3-4-9(10)5-8;1-2-11-9-5-6-3-7(9)8(10)4-6;1-2-10-9-6-7-3-4-8(9)5-7;1-2-10-8-9-6-4-3-5-7-9;1-2-9-7-8-5-3-4-6-8;1-2-9-8-6-4-3-5-7-8;1-2-8-7-5-3-4-6-7/h7-10,12H,2-6H2,1H3;8-12H,2-7H2,1H3;7-11H,2-6H2,1H3;8-10H,2-7H2,1H3;6-10H,2-5H2,1H3;7-9H,2-6H2,1H3;9H,2-8H2,1H3;2*8H,2-7H2,1H3;7H,2-6H2,1H3. The number of ketones is 1. The summed E-state index contributed by atoms with van der Waals surface area (Å²) in [6.07, 6.45) is 58.9. The fourth-order valence-corrected chi connectivity index (χ4v) is 25.3. The number of hydrogen-bond donors (Lipinski definition) is 2. The molecule has 0 aromatic carbocycles. The summed E-state index contributed by atoms with van der Waals surface area (Å²) in [6, 6.07) is 0. The molecule has 20 aliphatic rings. The average Bonchev–Trinajstić information content (AvgIpc) is 1.76. The molecule has 0 saturated heterocycles. The molecule has 0 spiro atoms. The Hall–Kier alpha value is -0.810. The number of rotatable bonds is 24. The Balaban J connectivity index is 0.000000138. The van der Waals surface area contributed by atoms with Gasteiger partial charge in [0, 0.05) is 110 Å². The van der Waals surface area contributed by atoms with Gasteiger partial charge in [-0.05, 0) is 362 Å². The summed E-state index contributed by atoms with van der Waals surface area (Å²) in [5.41, 5.74) is 0. The Morgan fingerprint density at radius 2 is 0.673 bits per heavy atom. The van der Waals surface area contributed by atoms with Crippen LogP contribution in [-0.4, -0.2) is 157 Å². The lowest BCUT2D eigenvalue weighted by molar-refractivity contribution is -0.161. The molecule has 0 radical (unpaired) electrons. The molecule has 0 aromatic heterocycles. The molecule has 0 aliphatic heterocycles. The number of ether oxygens (including phenoxy) is 10. The van der Waals surface area contributed by atoms with Gasteiger partial charge in [-0.25, -0.2) is 0 Å². The Morgan fingerprint density at radius 3 is 1.13 bits per heavy atom. The fraction of sp³-hybridized carbons (Fsp3) is 0.989. The van der Waals surface area contributed by atoms with E-state index in [0.717, 1.165) is 201 Å². The van der Waals surface area contributed by atoms with E-state index in [4.69, 9.17) is 47.4 Å². The number of aliphatic hydroxyl groups is 2. The topological polar surface area (TPSA) is 150 Å². The Kier molecular flexibility index (Phi) is 42.1. The third-order valence-electron chi connectivity index (χ3n) is 29.9. The van der Waals surface area contributed by atoms with Crippen molar-refractivity contribution in [1.82, 2.24) is 0 Å². The first kappa shape index (κ1) is 90.1. The summed E-state index contributed by atoms with van der Waals surface area (Å²) in [6.45, 7) is 33.3. The molecule has 624 valence electrons. The molecule has 0 amide bonds. The van der Waals surface area contributed by atoms with Crippen LogP contribution in [0, 0.1) is 118 Å². The summed E-state index contributed by atoms with van der Waals surface area (Å²) >= 11 is 0. The molecule has 16 bridgehead atoms. The quantitative estimate of drug-likeness (QED) is 0.0945. The molecular weight excluding hydrogens is 1340 g/mol. The van der Waals surface area contributed by atoms with Gasteiger partial charge < -0.3 is 57.6 Å². The van der Waals surface area contributed by atoms with Crippen molar-refractivity contribution in [1.29, 1.82) is 0 Å². The maximum absolute atomic E-state index is 12.0. The van der Waals surface area contributed by atoms with Crippen LogP contribution in [0.15, 0.2) is 0 Å². The minimum Gasteiger partial charge on any atom is -0.393 e. The van der Waals surface area contributed by atoms with Crippen LogP contribution in [0.5, 0.6) is 0 Å². The van der Waals surface area contributed by atoms with Crippen LogP contribution in [0.1, 0.15) is 332 Å². The second-order valence-electron chi connectivity index (χ2n) is 37.4. The average molecular weight is 1510 g/mol.